The topological polar surface area (TPSA) is 43.1 Å². The Labute approximate surface area is 70.8 Å². The molecule has 0 saturated carbocycles. The highest BCUT2D eigenvalue weighted by molar-refractivity contribution is 5.93. The fraction of sp³-hybridized carbons (Fsp3) is 0.100. The zero-order valence-electron chi connectivity index (χ0n) is 6.58. The van der Waals surface area contributed by atoms with E-state index >= 15 is 0 Å². The summed E-state index contributed by atoms with van der Waals surface area (Å²) in [6, 6.07) is 0. The number of fused-ring (bicyclic) bond motifs is 1. The van der Waals surface area contributed by atoms with Crippen LogP contribution in [0.5, 0.6) is 0 Å². The lowest BCUT2D eigenvalue weighted by Gasteiger charge is -2.18. The second-order valence-corrected chi connectivity index (χ2v) is 3.03. The Morgan fingerprint density at radius 3 is 2.83 bits per heavy atom. The largest absolute Gasteiger partial charge is 0.368 e. The summed E-state index contributed by atoms with van der Waals surface area (Å²) in [4.78, 5) is 11.2. The SMILES string of the molecule is C=C1C=CC2(C(N)=O)C=CC=C12. The third kappa shape index (κ3) is 0.619. The van der Waals surface area contributed by atoms with E-state index in [1.165, 1.54) is 0 Å². The molecule has 0 radical (unpaired) electrons. The van der Waals surface area contributed by atoms with Crippen molar-refractivity contribution in [3.63, 3.8) is 0 Å². The molecular weight excluding hydrogens is 150 g/mol. The van der Waals surface area contributed by atoms with Gasteiger partial charge in [-0.25, -0.2) is 0 Å². The van der Waals surface area contributed by atoms with Gasteiger partial charge >= 0.3 is 0 Å². The Balaban J connectivity index is 2.58. The van der Waals surface area contributed by atoms with E-state index in [2.05, 4.69) is 6.58 Å². The Bertz CT molecular complexity index is 360. The van der Waals surface area contributed by atoms with E-state index < -0.39 is 5.41 Å². The van der Waals surface area contributed by atoms with Crippen molar-refractivity contribution in [1.29, 1.82) is 0 Å². The van der Waals surface area contributed by atoms with Gasteiger partial charge in [0.05, 0.1) is 0 Å². The zero-order chi connectivity index (χ0) is 8.77. The summed E-state index contributed by atoms with van der Waals surface area (Å²) >= 11 is 0. The van der Waals surface area contributed by atoms with Gasteiger partial charge in [0.1, 0.15) is 5.41 Å². The summed E-state index contributed by atoms with van der Waals surface area (Å²) in [6.45, 7) is 3.82. The number of hydrogen-bond acceptors (Lipinski definition) is 1. The predicted molar refractivity (Wildman–Crippen MR) is 47.1 cm³/mol. The van der Waals surface area contributed by atoms with Crippen molar-refractivity contribution in [2.24, 2.45) is 11.1 Å². The number of allylic oxidation sites excluding steroid dienone is 4. The van der Waals surface area contributed by atoms with Gasteiger partial charge in [-0.2, -0.15) is 0 Å². The van der Waals surface area contributed by atoms with E-state index in [0.29, 0.717) is 0 Å². The number of rotatable bonds is 1. The molecule has 1 unspecified atom stereocenters. The number of carbonyl (C=O) groups excluding carboxylic acids is 1. The van der Waals surface area contributed by atoms with E-state index in [1.54, 1.807) is 12.2 Å². The molecule has 0 aromatic rings. The van der Waals surface area contributed by atoms with Crippen LogP contribution in [0, 0.1) is 5.41 Å². The first-order valence-corrected chi connectivity index (χ1v) is 3.75. The summed E-state index contributed by atoms with van der Waals surface area (Å²) in [5.74, 6) is -0.336. The second-order valence-electron chi connectivity index (χ2n) is 3.03. The first-order valence-electron chi connectivity index (χ1n) is 3.75. The van der Waals surface area contributed by atoms with Crippen molar-refractivity contribution in [3.05, 3.63) is 48.1 Å². The van der Waals surface area contributed by atoms with Gasteiger partial charge in [0.2, 0.25) is 5.91 Å². The molecule has 0 bridgehead atoms. The molecule has 1 amide bonds. The van der Waals surface area contributed by atoms with Crippen LogP contribution in [0.3, 0.4) is 0 Å². The van der Waals surface area contributed by atoms with Gasteiger partial charge in [-0.1, -0.05) is 37.0 Å². The molecule has 2 aliphatic rings. The van der Waals surface area contributed by atoms with Crippen LogP contribution in [-0.4, -0.2) is 5.91 Å². The van der Waals surface area contributed by atoms with Crippen LogP contribution < -0.4 is 5.73 Å². The highest BCUT2D eigenvalue weighted by atomic mass is 16.1. The van der Waals surface area contributed by atoms with Gasteiger partial charge in [-0.15, -0.1) is 0 Å². The predicted octanol–water partition coefficient (Wildman–Crippen LogP) is 1.08. The number of hydrogen-bond donors (Lipinski definition) is 1. The quantitative estimate of drug-likeness (QED) is 0.611. The minimum Gasteiger partial charge on any atom is -0.368 e. The molecule has 0 fully saturated rings. The van der Waals surface area contributed by atoms with Crippen molar-refractivity contribution in [3.8, 4) is 0 Å². The lowest BCUT2D eigenvalue weighted by Crippen LogP contribution is -2.32. The molecule has 0 aromatic heterocycles. The number of primary amides is 1. The fourth-order valence-electron chi connectivity index (χ4n) is 1.66. The average Bonchev–Trinajstić information content (AvgIpc) is 2.53. The first kappa shape index (κ1) is 7.10. The van der Waals surface area contributed by atoms with Crippen molar-refractivity contribution in [1.82, 2.24) is 0 Å². The second kappa shape index (κ2) is 1.97. The Morgan fingerprint density at radius 2 is 2.25 bits per heavy atom. The van der Waals surface area contributed by atoms with Crippen LogP contribution in [0.2, 0.25) is 0 Å². The Morgan fingerprint density at radius 1 is 1.50 bits per heavy atom. The molecule has 0 aliphatic heterocycles. The maximum atomic E-state index is 11.2. The summed E-state index contributed by atoms with van der Waals surface area (Å²) in [5.41, 5.74) is 6.41. The number of nitrogens with two attached hydrogens (primary N) is 1. The summed E-state index contributed by atoms with van der Waals surface area (Å²) < 4.78 is 0. The molecule has 0 heterocycles. The van der Waals surface area contributed by atoms with Crippen LogP contribution >= 0.6 is 0 Å². The molecule has 0 spiro atoms. The molecule has 2 heteroatoms. The normalized spacial score (nSPS) is 30.7. The van der Waals surface area contributed by atoms with E-state index in [-0.39, 0.29) is 5.91 Å². The van der Waals surface area contributed by atoms with Gasteiger partial charge in [-0.05, 0) is 11.1 Å². The summed E-state index contributed by atoms with van der Waals surface area (Å²) in [7, 11) is 0. The van der Waals surface area contributed by atoms with Crippen molar-refractivity contribution in [2.75, 3.05) is 0 Å². The first-order chi connectivity index (χ1) is 5.67. The molecular formula is C10H9NO. The lowest BCUT2D eigenvalue weighted by atomic mass is 9.84. The van der Waals surface area contributed by atoms with Crippen molar-refractivity contribution >= 4 is 5.91 Å². The van der Waals surface area contributed by atoms with E-state index in [0.717, 1.165) is 11.1 Å². The molecule has 0 aromatic carbocycles. The van der Waals surface area contributed by atoms with Crippen molar-refractivity contribution in [2.45, 2.75) is 0 Å². The van der Waals surface area contributed by atoms with Gasteiger partial charge in [0, 0.05) is 0 Å². The molecule has 2 rings (SSSR count). The molecule has 0 saturated heterocycles. The number of carbonyl (C=O) groups is 1. The van der Waals surface area contributed by atoms with Gasteiger partial charge in [0.15, 0.2) is 0 Å². The molecule has 2 aliphatic carbocycles. The number of amides is 1. The minimum atomic E-state index is -0.683. The van der Waals surface area contributed by atoms with Crippen LogP contribution in [0.1, 0.15) is 0 Å². The Kier molecular flexibility index (Phi) is 1.17. The van der Waals surface area contributed by atoms with Gasteiger partial charge in [-0.3, -0.25) is 4.79 Å². The van der Waals surface area contributed by atoms with E-state index in [1.807, 2.05) is 18.2 Å². The van der Waals surface area contributed by atoms with E-state index in [9.17, 15) is 4.79 Å². The maximum absolute atomic E-state index is 11.2. The summed E-state index contributed by atoms with van der Waals surface area (Å²) in [5, 5.41) is 0. The minimum absolute atomic E-state index is 0.336. The standard InChI is InChI=1S/C10H9NO/c1-7-4-6-10(9(11)12)5-2-3-8(7)10/h2-6H,1H2,(H2,11,12). The monoisotopic (exact) mass is 159 g/mol. The molecule has 2 N–H and O–H groups in total. The third-order valence-electron chi connectivity index (χ3n) is 2.37. The molecule has 60 valence electrons. The smallest absolute Gasteiger partial charge is 0.235 e. The Hall–Kier alpha value is -1.57. The molecule has 12 heavy (non-hydrogen) atoms. The third-order valence-corrected chi connectivity index (χ3v) is 2.37. The van der Waals surface area contributed by atoms with Crippen LogP contribution in [-0.2, 0) is 4.79 Å². The molecule has 2 nitrogen and oxygen atoms in total. The average molecular weight is 159 g/mol. The summed E-state index contributed by atoms with van der Waals surface area (Å²) in [6.07, 6.45) is 9.16. The zero-order valence-corrected chi connectivity index (χ0v) is 6.58. The highest BCUT2D eigenvalue weighted by Gasteiger charge is 2.41. The van der Waals surface area contributed by atoms with Crippen LogP contribution in [0.15, 0.2) is 48.1 Å². The molecule has 1 atom stereocenters. The van der Waals surface area contributed by atoms with Gasteiger partial charge in [0.25, 0.3) is 0 Å². The van der Waals surface area contributed by atoms with Crippen molar-refractivity contribution < 1.29 is 4.79 Å². The van der Waals surface area contributed by atoms with E-state index in [4.69, 9.17) is 5.73 Å². The highest BCUT2D eigenvalue weighted by Crippen LogP contribution is 2.44. The van der Waals surface area contributed by atoms with Crippen LogP contribution in [0.25, 0.3) is 0 Å². The lowest BCUT2D eigenvalue weighted by molar-refractivity contribution is -0.121. The van der Waals surface area contributed by atoms with Crippen LogP contribution in [0.4, 0.5) is 0 Å². The van der Waals surface area contributed by atoms with Gasteiger partial charge < -0.3 is 5.73 Å². The fourth-order valence-corrected chi connectivity index (χ4v) is 1.66. The maximum Gasteiger partial charge on any atom is 0.235 e.